The molecule has 350 valence electrons. The third kappa shape index (κ3) is 13.4. The van der Waals surface area contributed by atoms with Gasteiger partial charge < -0.3 is 36.7 Å². The predicted octanol–water partition coefficient (Wildman–Crippen LogP) is 8.97. The highest BCUT2D eigenvalue weighted by Crippen LogP contribution is 2.46. The van der Waals surface area contributed by atoms with Crippen LogP contribution in [0.1, 0.15) is 96.5 Å². The van der Waals surface area contributed by atoms with Gasteiger partial charge in [-0.25, -0.2) is 0 Å². The van der Waals surface area contributed by atoms with E-state index in [1.807, 2.05) is 84.9 Å². The summed E-state index contributed by atoms with van der Waals surface area (Å²) in [7, 11) is 0. The summed E-state index contributed by atoms with van der Waals surface area (Å²) in [5.41, 5.74) is 18.6. The van der Waals surface area contributed by atoms with Gasteiger partial charge in [-0.3, -0.25) is 24.2 Å². The van der Waals surface area contributed by atoms with Crippen molar-refractivity contribution in [1.82, 2.24) is 5.32 Å². The Kier molecular flexibility index (Phi) is 18.1. The Hall–Kier alpha value is -6.27. The van der Waals surface area contributed by atoms with Crippen molar-refractivity contribution in [3.8, 4) is 22.6 Å². The maximum atomic E-state index is 14.3. The Bertz CT molecular complexity index is 2440. The van der Waals surface area contributed by atoms with Gasteiger partial charge in [0.1, 0.15) is 24.7 Å². The second-order valence-corrected chi connectivity index (χ2v) is 18.1. The molecular weight excluding hydrogens is 831 g/mol. The molecule has 0 radical (unpaired) electrons. The van der Waals surface area contributed by atoms with Crippen LogP contribution in [0.3, 0.4) is 0 Å². The molecule has 0 heterocycles. The number of hydrogen-bond acceptors (Lipinski definition) is 9. The summed E-state index contributed by atoms with van der Waals surface area (Å²) >= 11 is 0. The molecule has 1 amide bonds. The van der Waals surface area contributed by atoms with Crippen LogP contribution in [0.25, 0.3) is 32.7 Å². The second-order valence-electron chi connectivity index (χ2n) is 18.1. The van der Waals surface area contributed by atoms with E-state index in [9.17, 15) is 19.2 Å². The molecule has 0 aromatic heterocycles. The molecule has 5 aromatic rings. The van der Waals surface area contributed by atoms with E-state index in [0.717, 1.165) is 63.2 Å². The third-order valence-electron chi connectivity index (χ3n) is 12.6. The lowest BCUT2D eigenvalue weighted by Crippen LogP contribution is -2.46. The molecule has 5 aromatic carbocycles. The zero-order valence-electron chi connectivity index (χ0n) is 38.6. The van der Waals surface area contributed by atoms with E-state index in [-0.39, 0.29) is 56.5 Å². The molecule has 1 aliphatic rings. The molecule has 0 saturated heterocycles. The van der Waals surface area contributed by atoms with Crippen molar-refractivity contribution in [2.75, 3.05) is 26.3 Å². The largest absolute Gasteiger partial charge is 0.493 e. The zero-order chi connectivity index (χ0) is 46.9. The SMILES string of the molecule is CC(C)CCOc1ccc2ccccc2c1-c1c(OCC(=O)C[C@H](CCCCN)C(=O)N[C@H](CCCN=C(N)N)C(=O)CC2(C(=O)OCc3ccccc3)CCCC2)ccc2ccccc12. The lowest BCUT2D eigenvalue weighted by molar-refractivity contribution is -0.159. The molecule has 12 heteroatoms. The van der Waals surface area contributed by atoms with Gasteiger partial charge in [0.2, 0.25) is 5.91 Å². The highest BCUT2D eigenvalue weighted by atomic mass is 16.5. The molecule has 7 N–H and O–H groups in total. The highest BCUT2D eigenvalue weighted by Gasteiger charge is 2.45. The van der Waals surface area contributed by atoms with Gasteiger partial charge in [0, 0.05) is 36.4 Å². The van der Waals surface area contributed by atoms with Gasteiger partial charge in [-0.1, -0.05) is 124 Å². The van der Waals surface area contributed by atoms with Crippen molar-refractivity contribution in [2.45, 2.75) is 104 Å². The first-order valence-electron chi connectivity index (χ1n) is 23.6. The van der Waals surface area contributed by atoms with Crippen LogP contribution in [0, 0.1) is 17.3 Å². The van der Waals surface area contributed by atoms with Crippen molar-refractivity contribution in [3.05, 3.63) is 109 Å². The number of carbonyl (C=O) groups excluding carboxylic acids is 4. The lowest BCUT2D eigenvalue weighted by Gasteiger charge is -2.29. The van der Waals surface area contributed by atoms with E-state index in [0.29, 0.717) is 63.3 Å². The summed E-state index contributed by atoms with van der Waals surface area (Å²) in [6.07, 6.45) is 5.61. The molecule has 0 unspecified atom stereocenters. The number of nitrogens with two attached hydrogens (primary N) is 3. The monoisotopic (exact) mass is 898 g/mol. The van der Waals surface area contributed by atoms with Crippen molar-refractivity contribution in [1.29, 1.82) is 0 Å². The van der Waals surface area contributed by atoms with E-state index in [1.165, 1.54) is 0 Å². The standard InChI is InChI=1S/C54H67N5O7/c1-37(2)27-32-64-47-25-23-39-17-6-8-20-43(39)49(47)50-44-21-9-7-18-40(44)24-26-48(50)65-36-42(60)33-41(19-10-13-30-55)51(62)59-45(22-14-31-58-53(56)57)46(61)34-54(28-11-12-29-54)52(63)66-35-38-15-4-3-5-16-38/h3-9,15-18,20-21,23-26,37,41,45H,10-14,19,22,27-36,55H2,1-2H3,(H,59,62)(H4,56,57,58)/t41-,45+/m0/s1. The van der Waals surface area contributed by atoms with Crippen LogP contribution in [-0.4, -0.2) is 61.7 Å². The van der Waals surface area contributed by atoms with E-state index in [1.54, 1.807) is 0 Å². The van der Waals surface area contributed by atoms with Gasteiger partial charge in [-0.05, 0) is 96.6 Å². The fraction of sp³-hybridized carbons (Fsp3) is 0.426. The summed E-state index contributed by atoms with van der Waals surface area (Å²) in [5, 5.41) is 7.00. The van der Waals surface area contributed by atoms with Crippen molar-refractivity contribution in [3.63, 3.8) is 0 Å². The van der Waals surface area contributed by atoms with Gasteiger partial charge in [-0.2, -0.15) is 0 Å². The fourth-order valence-electron chi connectivity index (χ4n) is 8.96. The quantitative estimate of drug-likeness (QED) is 0.0180. The van der Waals surface area contributed by atoms with Crippen LogP contribution in [0.5, 0.6) is 11.5 Å². The number of unbranched alkanes of at least 4 members (excludes halogenated alkanes) is 1. The smallest absolute Gasteiger partial charge is 0.312 e. The molecule has 0 spiro atoms. The molecule has 1 saturated carbocycles. The minimum absolute atomic E-state index is 0.0722. The Labute approximate surface area is 389 Å². The van der Waals surface area contributed by atoms with Crippen LogP contribution in [0.4, 0.5) is 0 Å². The first kappa shape index (κ1) is 49.2. The Morgan fingerprint density at radius 2 is 1.35 bits per heavy atom. The van der Waals surface area contributed by atoms with Crippen LogP contribution < -0.4 is 32.0 Å². The van der Waals surface area contributed by atoms with Crippen molar-refractivity contribution >= 4 is 50.9 Å². The molecule has 1 fully saturated rings. The summed E-state index contributed by atoms with van der Waals surface area (Å²) in [4.78, 5) is 60.5. The van der Waals surface area contributed by atoms with Gasteiger partial charge in [0.15, 0.2) is 17.5 Å². The number of guanidine groups is 1. The Morgan fingerprint density at radius 1 is 0.727 bits per heavy atom. The Balaban J connectivity index is 1.22. The maximum Gasteiger partial charge on any atom is 0.312 e. The Morgan fingerprint density at radius 3 is 1.97 bits per heavy atom. The molecule has 6 rings (SSSR count). The molecule has 12 nitrogen and oxygen atoms in total. The number of fused-ring (bicyclic) bond motifs is 2. The van der Waals surface area contributed by atoms with E-state index >= 15 is 0 Å². The molecule has 66 heavy (non-hydrogen) atoms. The highest BCUT2D eigenvalue weighted by molar-refractivity contribution is 6.10. The molecule has 1 aliphatic carbocycles. The van der Waals surface area contributed by atoms with E-state index in [2.05, 4.69) is 42.4 Å². The molecule has 2 atom stereocenters. The van der Waals surface area contributed by atoms with Crippen LogP contribution in [0.2, 0.25) is 0 Å². The number of amides is 1. The lowest BCUT2D eigenvalue weighted by atomic mass is 9.79. The summed E-state index contributed by atoms with van der Waals surface area (Å²) < 4.78 is 18.8. The summed E-state index contributed by atoms with van der Waals surface area (Å²) in [6, 6.07) is 32.7. The summed E-state index contributed by atoms with van der Waals surface area (Å²) in [6.45, 7) is 5.39. The first-order valence-corrected chi connectivity index (χ1v) is 23.6. The average Bonchev–Trinajstić information content (AvgIpc) is 3.80. The predicted molar refractivity (Wildman–Crippen MR) is 262 cm³/mol. The van der Waals surface area contributed by atoms with Crippen molar-refractivity contribution in [2.24, 2.45) is 39.4 Å². The molecular formula is C54H67N5O7. The summed E-state index contributed by atoms with van der Waals surface area (Å²) in [5.74, 6) is -0.485. The third-order valence-corrected chi connectivity index (χ3v) is 12.6. The number of rotatable bonds is 26. The van der Waals surface area contributed by atoms with Crippen LogP contribution in [0.15, 0.2) is 108 Å². The second kappa shape index (κ2) is 24.3. The first-order chi connectivity index (χ1) is 32.0. The molecule has 0 aliphatic heterocycles. The minimum Gasteiger partial charge on any atom is -0.493 e. The number of Topliss-reactive ketones (excluding diaryl/α,β-unsaturated/α-hetero) is 2. The average molecular weight is 898 g/mol. The number of ether oxygens (including phenoxy) is 3. The van der Waals surface area contributed by atoms with Crippen LogP contribution in [-0.2, 0) is 30.5 Å². The van der Waals surface area contributed by atoms with Gasteiger partial charge >= 0.3 is 5.97 Å². The zero-order valence-corrected chi connectivity index (χ0v) is 38.6. The number of benzene rings is 5. The maximum absolute atomic E-state index is 14.3. The van der Waals surface area contributed by atoms with Crippen LogP contribution >= 0.6 is 0 Å². The minimum atomic E-state index is -0.989. The number of nitrogens with zero attached hydrogens (tertiary/aromatic N) is 1. The number of nitrogens with one attached hydrogen (secondary N) is 1. The van der Waals surface area contributed by atoms with Gasteiger partial charge in [0.25, 0.3) is 0 Å². The fourth-order valence-corrected chi connectivity index (χ4v) is 8.96. The number of aliphatic imine (C=N–C) groups is 1. The van der Waals surface area contributed by atoms with Gasteiger partial charge in [-0.15, -0.1) is 0 Å². The van der Waals surface area contributed by atoms with E-state index < -0.39 is 29.3 Å². The number of hydrogen-bond donors (Lipinski definition) is 4. The topological polar surface area (TPSA) is 198 Å². The number of ketones is 2. The number of esters is 1. The molecule has 0 bridgehead atoms. The van der Waals surface area contributed by atoms with E-state index in [4.69, 9.17) is 31.4 Å². The van der Waals surface area contributed by atoms with Gasteiger partial charge in [0.05, 0.1) is 18.1 Å². The normalized spacial score (nSPS) is 14.1. The van der Waals surface area contributed by atoms with Crippen molar-refractivity contribution < 1.29 is 33.4 Å². The number of carbonyl (C=O) groups is 4.